The zero-order valence-electron chi connectivity index (χ0n) is 14.6. The molecular weight excluding hydrogens is 335 g/mol. The van der Waals surface area contributed by atoms with Gasteiger partial charge in [-0.05, 0) is 32.0 Å². The van der Waals surface area contributed by atoms with Crippen molar-refractivity contribution in [3.05, 3.63) is 62.7 Å². The molecule has 0 saturated carbocycles. The third-order valence-electron chi connectivity index (χ3n) is 4.96. The second kappa shape index (κ2) is 6.09. The standard InChI is InChI=1S/C19H19FN4O2/c1-10-13(19(26)22-11(2)21-10)8-18(25)24-6-5-17-15(9-24)14-7-12(20)3-4-16(14)23-17/h3-4,7,23H,5-6,8-9H2,1-2H3,(H,21,22,26). The first kappa shape index (κ1) is 16.5. The monoisotopic (exact) mass is 354 g/mol. The number of carbonyl (C=O) groups is 1. The molecule has 3 aromatic rings. The molecule has 3 heterocycles. The molecule has 6 nitrogen and oxygen atoms in total. The number of rotatable bonds is 2. The Labute approximate surface area is 149 Å². The highest BCUT2D eigenvalue weighted by molar-refractivity contribution is 5.86. The van der Waals surface area contributed by atoms with Gasteiger partial charge in [-0.3, -0.25) is 9.59 Å². The summed E-state index contributed by atoms with van der Waals surface area (Å²) in [4.78, 5) is 36.8. The predicted molar refractivity (Wildman–Crippen MR) is 95.4 cm³/mol. The molecule has 7 heteroatoms. The number of benzene rings is 1. The summed E-state index contributed by atoms with van der Waals surface area (Å²) in [7, 11) is 0. The number of nitrogens with one attached hydrogen (secondary N) is 2. The molecule has 4 rings (SSSR count). The van der Waals surface area contributed by atoms with Crippen molar-refractivity contribution in [3.63, 3.8) is 0 Å². The van der Waals surface area contributed by atoms with E-state index in [1.807, 2.05) is 0 Å². The summed E-state index contributed by atoms with van der Waals surface area (Å²) in [6.45, 7) is 4.43. The van der Waals surface area contributed by atoms with Gasteiger partial charge in [0.15, 0.2) is 0 Å². The molecule has 2 N–H and O–H groups in total. The van der Waals surface area contributed by atoms with Crippen molar-refractivity contribution in [1.82, 2.24) is 19.9 Å². The Bertz CT molecular complexity index is 1080. The third kappa shape index (κ3) is 2.79. The van der Waals surface area contributed by atoms with Crippen LogP contribution in [0.1, 0.15) is 28.3 Å². The lowest BCUT2D eigenvalue weighted by Gasteiger charge is -2.27. The Morgan fingerprint density at radius 3 is 2.88 bits per heavy atom. The minimum absolute atomic E-state index is 0.0144. The van der Waals surface area contributed by atoms with Gasteiger partial charge < -0.3 is 14.9 Å². The van der Waals surface area contributed by atoms with E-state index < -0.39 is 0 Å². The third-order valence-corrected chi connectivity index (χ3v) is 4.96. The highest BCUT2D eigenvalue weighted by Crippen LogP contribution is 2.28. The molecule has 2 aromatic heterocycles. The number of aromatic amines is 2. The fourth-order valence-electron chi connectivity index (χ4n) is 3.62. The van der Waals surface area contributed by atoms with E-state index in [4.69, 9.17) is 0 Å². The van der Waals surface area contributed by atoms with Gasteiger partial charge in [-0.2, -0.15) is 0 Å². The number of hydrogen-bond donors (Lipinski definition) is 2. The summed E-state index contributed by atoms with van der Waals surface area (Å²) in [6.07, 6.45) is 0.694. The van der Waals surface area contributed by atoms with Crippen LogP contribution < -0.4 is 5.56 Å². The molecule has 134 valence electrons. The van der Waals surface area contributed by atoms with Crippen molar-refractivity contribution < 1.29 is 9.18 Å². The van der Waals surface area contributed by atoms with Crippen LogP contribution in [-0.4, -0.2) is 32.3 Å². The summed E-state index contributed by atoms with van der Waals surface area (Å²) in [5, 5.41) is 0.809. The lowest BCUT2D eigenvalue weighted by molar-refractivity contribution is -0.131. The van der Waals surface area contributed by atoms with Crippen LogP contribution in [0.5, 0.6) is 0 Å². The second-order valence-electron chi connectivity index (χ2n) is 6.73. The zero-order chi connectivity index (χ0) is 18.4. The first-order valence-corrected chi connectivity index (χ1v) is 8.55. The smallest absolute Gasteiger partial charge is 0.254 e. The van der Waals surface area contributed by atoms with Crippen molar-refractivity contribution in [1.29, 1.82) is 0 Å². The first-order chi connectivity index (χ1) is 12.4. The van der Waals surface area contributed by atoms with Gasteiger partial charge in [-0.15, -0.1) is 0 Å². The van der Waals surface area contributed by atoms with Crippen molar-refractivity contribution in [3.8, 4) is 0 Å². The van der Waals surface area contributed by atoms with Crippen LogP contribution in [0.15, 0.2) is 23.0 Å². The summed E-state index contributed by atoms with van der Waals surface area (Å²) in [5.74, 6) is 0.114. The van der Waals surface area contributed by atoms with Crippen LogP contribution in [0.3, 0.4) is 0 Å². The van der Waals surface area contributed by atoms with E-state index in [9.17, 15) is 14.0 Å². The predicted octanol–water partition coefficient (Wildman–Crippen LogP) is 2.13. The minimum Gasteiger partial charge on any atom is -0.358 e. The Balaban J connectivity index is 1.61. The Hall–Kier alpha value is -2.96. The lowest BCUT2D eigenvalue weighted by atomic mass is 10.0. The quantitative estimate of drug-likeness (QED) is 0.740. The van der Waals surface area contributed by atoms with Gasteiger partial charge in [0.2, 0.25) is 5.91 Å². The molecule has 1 aromatic carbocycles. The fourth-order valence-corrected chi connectivity index (χ4v) is 3.62. The SMILES string of the molecule is Cc1nc(C)c(CC(=O)N2CCc3[nH]c4ccc(F)cc4c3C2)c(=O)[nH]1. The number of halogens is 1. The van der Waals surface area contributed by atoms with E-state index in [1.54, 1.807) is 24.8 Å². The molecule has 0 radical (unpaired) electrons. The maximum absolute atomic E-state index is 13.6. The number of aryl methyl sites for hydroxylation is 2. The number of fused-ring (bicyclic) bond motifs is 3. The highest BCUT2D eigenvalue weighted by atomic mass is 19.1. The molecule has 0 unspecified atom stereocenters. The van der Waals surface area contributed by atoms with Crippen LogP contribution in [0, 0.1) is 19.7 Å². The maximum atomic E-state index is 13.6. The van der Waals surface area contributed by atoms with Gasteiger partial charge in [0.05, 0.1) is 6.42 Å². The Morgan fingerprint density at radius 1 is 1.31 bits per heavy atom. The maximum Gasteiger partial charge on any atom is 0.254 e. The minimum atomic E-state index is -0.296. The van der Waals surface area contributed by atoms with Gasteiger partial charge in [0.1, 0.15) is 11.6 Å². The van der Waals surface area contributed by atoms with Crippen LogP contribution in [0.25, 0.3) is 10.9 Å². The molecular formula is C19H19FN4O2. The number of aromatic nitrogens is 3. The molecule has 0 spiro atoms. The largest absolute Gasteiger partial charge is 0.358 e. The molecule has 1 amide bonds. The van der Waals surface area contributed by atoms with Crippen LogP contribution >= 0.6 is 0 Å². The topological polar surface area (TPSA) is 81.8 Å². The van der Waals surface area contributed by atoms with Crippen molar-refractivity contribution in [2.75, 3.05) is 6.54 Å². The van der Waals surface area contributed by atoms with E-state index in [0.717, 1.165) is 22.2 Å². The molecule has 1 aliphatic rings. The summed E-state index contributed by atoms with van der Waals surface area (Å²) in [5.41, 5.74) is 3.58. The van der Waals surface area contributed by atoms with E-state index in [1.165, 1.54) is 12.1 Å². The average Bonchev–Trinajstić information content (AvgIpc) is 2.95. The molecule has 0 fully saturated rings. The number of carbonyl (C=O) groups excluding carboxylic acids is 1. The Morgan fingerprint density at radius 2 is 2.12 bits per heavy atom. The lowest BCUT2D eigenvalue weighted by Crippen LogP contribution is -2.38. The van der Waals surface area contributed by atoms with Gasteiger partial charge >= 0.3 is 0 Å². The molecule has 0 bridgehead atoms. The zero-order valence-corrected chi connectivity index (χ0v) is 14.6. The van der Waals surface area contributed by atoms with Crippen molar-refractivity contribution in [2.24, 2.45) is 0 Å². The summed E-state index contributed by atoms with van der Waals surface area (Å²) in [6, 6.07) is 4.64. The fraction of sp³-hybridized carbons (Fsp3) is 0.316. The van der Waals surface area contributed by atoms with Gasteiger partial charge in [0.25, 0.3) is 5.56 Å². The van der Waals surface area contributed by atoms with E-state index in [0.29, 0.717) is 36.6 Å². The number of H-pyrrole nitrogens is 2. The molecule has 0 saturated heterocycles. The van der Waals surface area contributed by atoms with Crippen LogP contribution in [0.4, 0.5) is 4.39 Å². The molecule has 26 heavy (non-hydrogen) atoms. The first-order valence-electron chi connectivity index (χ1n) is 8.55. The van der Waals surface area contributed by atoms with Crippen molar-refractivity contribution >= 4 is 16.8 Å². The highest BCUT2D eigenvalue weighted by Gasteiger charge is 2.25. The summed E-state index contributed by atoms with van der Waals surface area (Å²) < 4.78 is 13.6. The average molecular weight is 354 g/mol. The molecule has 0 atom stereocenters. The summed E-state index contributed by atoms with van der Waals surface area (Å²) >= 11 is 0. The van der Waals surface area contributed by atoms with Crippen LogP contribution in [-0.2, 0) is 24.2 Å². The van der Waals surface area contributed by atoms with E-state index in [2.05, 4.69) is 15.0 Å². The molecule has 0 aliphatic carbocycles. The normalized spacial score (nSPS) is 13.9. The number of hydrogen-bond acceptors (Lipinski definition) is 3. The van der Waals surface area contributed by atoms with E-state index >= 15 is 0 Å². The number of amides is 1. The number of nitrogens with zero attached hydrogens (tertiary/aromatic N) is 2. The van der Waals surface area contributed by atoms with Gasteiger partial charge in [0, 0.05) is 52.9 Å². The van der Waals surface area contributed by atoms with Crippen LogP contribution in [0.2, 0.25) is 0 Å². The van der Waals surface area contributed by atoms with Crippen molar-refractivity contribution in [2.45, 2.75) is 33.2 Å². The second-order valence-corrected chi connectivity index (χ2v) is 6.73. The van der Waals surface area contributed by atoms with E-state index in [-0.39, 0.29) is 23.7 Å². The van der Waals surface area contributed by atoms with Gasteiger partial charge in [-0.25, -0.2) is 9.37 Å². The van der Waals surface area contributed by atoms with Gasteiger partial charge in [-0.1, -0.05) is 0 Å². The molecule has 1 aliphatic heterocycles. The Kier molecular flexibility index (Phi) is 3.86.